The minimum atomic E-state index is -4.88. The van der Waals surface area contributed by atoms with Gasteiger partial charge in [0.2, 0.25) is 0 Å². The van der Waals surface area contributed by atoms with E-state index in [4.69, 9.17) is 0 Å². The monoisotopic (exact) mass is 532 g/mol. The molecule has 2 fully saturated rings. The number of likely N-dealkylation sites (N-methyl/N-ethyl adjacent to an activating group) is 1. The summed E-state index contributed by atoms with van der Waals surface area (Å²) in [5, 5.41) is 21.2. The van der Waals surface area contributed by atoms with E-state index in [9.17, 15) is 32.7 Å². The first-order chi connectivity index (χ1) is 18.1. The van der Waals surface area contributed by atoms with E-state index in [-0.39, 0.29) is 23.8 Å². The van der Waals surface area contributed by atoms with Gasteiger partial charge in [-0.3, -0.25) is 4.90 Å². The van der Waals surface area contributed by atoms with Gasteiger partial charge in [-0.15, -0.1) is 0 Å². The van der Waals surface area contributed by atoms with Crippen molar-refractivity contribution in [1.29, 1.82) is 5.26 Å². The Morgan fingerprint density at radius 3 is 2.66 bits per heavy atom. The van der Waals surface area contributed by atoms with E-state index in [0.717, 1.165) is 30.9 Å². The number of anilines is 1. The third kappa shape index (κ3) is 5.94. The van der Waals surface area contributed by atoms with Gasteiger partial charge in [-0.05, 0) is 79.5 Å². The third-order valence-corrected chi connectivity index (χ3v) is 8.02. The molecular formula is C28H32F4N4O2. The zero-order valence-corrected chi connectivity index (χ0v) is 21.3. The number of nitriles is 1. The quantitative estimate of drug-likeness (QED) is 0.426. The Balaban J connectivity index is 1.51. The Kier molecular flexibility index (Phi) is 8.28. The van der Waals surface area contributed by atoms with Gasteiger partial charge in [0.25, 0.3) is 0 Å². The maximum absolute atomic E-state index is 13.8. The zero-order chi connectivity index (χ0) is 27.5. The summed E-state index contributed by atoms with van der Waals surface area (Å²) in [6.45, 7) is 3.88. The topological polar surface area (TPSA) is 79.6 Å². The van der Waals surface area contributed by atoms with Crippen LogP contribution in [0.15, 0.2) is 42.5 Å². The molecular weight excluding hydrogens is 500 g/mol. The fraction of sp³-hybridized carbons (Fsp3) is 0.500. The molecule has 0 saturated heterocycles. The summed E-state index contributed by atoms with van der Waals surface area (Å²) in [4.78, 5) is 17.1. The van der Waals surface area contributed by atoms with Gasteiger partial charge in [-0.1, -0.05) is 19.1 Å². The van der Waals surface area contributed by atoms with Crippen molar-refractivity contribution in [2.24, 2.45) is 5.92 Å². The smallest absolute Gasteiger partial charge is 0.395 e. The van der Waals surface area contributed by atoms with Crippen LogP contribution in [0, 0.1) is 23.1 Å². The number of nitrogens with zero attached hydrogens (tertiary/aromatic N) is 3. The summed E-state index contributed by atoms with van der Waals surface area (Å²) < 4.78 is 53.4. The van der Waals surface area contributed by atoms with E-state index in [1.165, 1.54) is 0 Å². The lowest BCUT2D eigenvalue weighted by Crippen LogP contribution is -2.48. The lowest BCUT2D eigenvalue weighted by Gasteiger charge is -2.38. The van der Waals surface area contributed by atoms with E-state index in [2.05, 4.69) is 11.4 Å². The Morgan fingerprint density at radius 1 is 1.21 bits per heavy atom. The number of urea groups is 1. The van der Waals surface area contributed by atoms with Gasteiger partial charge in [0.05, 0.1) is 23.8 Å². The fourth-order valence-electron chi connectivity index (χ4n) is 5.83. The number of carbonyl (C=O) groups excluding carboxylic acids is 1. The molecule has 3 atom stereocenters. The standard InChI is InChI=1S/C28H32F4N4O2/c1-2-35(12-13-37)10-11-36(26(38)34-22-6-7-25(29)24(16-22)28(30,31)32)23-8-9-27(17-21(27)15-23)20-5-3-4-19(14-20)18-33/h3-7,14,16,21,23,37H,2,8-13,15,17H2,1H3,(H,34,38)/t21?,23-,27-/m1/s1. The van der Waals surface area contributed by atoms with Crippen molar-refractivity contribution in [2.75, 3.05) is 38.1 Å². The number of aliphatic hydroxyl groups is 1. The second-order valence-corrected chi connectivity index (χ2v) is 10.2. The first kappa shape index (κ1) is 27.9. The van der Waals surface area contributed by atoms with Crippen LogP contribution in [-0.2, 0) is 11.6 Å². The predicted octanol–water partition coefficient (Wildman–Crippen LogP) is 5.37. The largest absolute Gasteiger partial charge is 0.419 e. The minimum Gasteiger partial charge on any atom is -0.395 e. The minimum absolute atomic E-state index is 0.00356. The number of carbonyl (C=O) groups is 1. The first-order valence-electron chi connectivity index (χ1n) is 12.9. The maximum Gasteiger partial charge on any atom is 0.419 e. The van der Waals surface area contributed by atoms with Crippen LogP contribution in [-0.4, -0.2) is 59.8 Å². The van der Waals surface area contributed by atoms with E-state index in [1.54, 1.807) is 11.0 Å². The molecule has 0 spiro atoms. The summed E-state index contributed by atoms with van der Waals surface area (Å²) >= 11 is 0. The molecule has 2 aliphatic rings. The molecule has 1 unspecified atom stereocenters. The normalized spacial score (nSPS) is 22.5. The molecule has 4 rings (SSSR count). The molecule has 2 aromatic carbocycles. The van der Waals surface area contributed by atoms with Crippen LogP contribution >= 0.6 is 0 Å². The zero-order valence-electron chi connectivity index (χ0n) is 21.3. The van der Waals surface area contributed by atoms with Crippen molar-refractivity contribution in [3.8, 4) is 6.07 Å². The highest BCUT2D eigenvalue weighted by atomic mass is 19.4. The molecule has 6 nitrogen and oxygen atoms in total. The van der Waals surface area contributed by atoms with Crippen molar-refractivity contribution in [3.63, 3.8) is 0 Å². The Bertz CT molecular complexity index is 1200. The first-order valence-corrected chi connectivity index (χ1v) is 12.9. The Hall–Kier alpha value is -3.16. The van der Waals surface area contributed by atoms with Crippen LogP contribution in [0.3, 0.4) is 0 Å². The van der Waals surface area contributed by atoms with Crippen molar-refractivity contribution in [1.82, 2.24) is 9.80 Å². The Morgan fingerprint density at radius 2 is 2.00 bits per heavy atom. The van der Waals surface area contributed by atoms with Gasteiger partial charge in [0.15, 0.2) is 0 Å². The summed E-state index contributed by atoms with van der Waals surface area (Å²) in [6.07, 6.45) is -1.62. The second kappa shape index (κ2) is 11.3. The average Bonchev–Trinajstić information content (AvgIpc) is 3.64. The highest BCUT2D eigenvalue weighted by molar-refractivity contribution is 5.89. The van der Waals surface area contributed by atoms with Gasteiger partial charge in [0, 0.05) is 31.4 Å². The Labute approximate surface area is 219 Å². The lowest BCUT2D eigenvalue weighted by molar-refractivity contribution is -0.139. The number of hydrogen-bond acceptors (Lipinski definition) is 4. The summed E-state index contributed by atoms with van der Waals surface area (Å²) in [6, 6.07) is 11.6. The maximum atomic E-state index is 13.8. The molecule has 0 radical (unpaired) electrons. The number of rotatable bonds is 9. The van der Waals surface area contributed by atoms with Gasteiger partial charge in [-0.2, -0.15) is 18.4 Å². The third-order valence-electron chi connectivity index (χ3n) is 8.02. The molecule has 2 amide bonds. The van der Waals surface area contributed by atoms with Crippen molar-refractivity contribution >= 4 is 11.7 Å². The molecule has 0 aromatic heterocycles. The highest BCUT2D eigenvalue weighted by Gasteiger charge is 2.58. The van der Waals surface area contributed by atoms with Crippen LogP contribution in [0.5, 0.6) is 0 Å². The van der Waals surface area contributed by atoms with Crippen LogP contribution in [0.2, 0.25) is 0 Å². The fourth-order valence-corrected chi connectivity index (χ4v) is 5.83. The molecule has 0 aliphatic heterocycles. The summed E-state index contributed by atoms with van der Waals surface area (Å²) in [5.74, 6) is -1.05. The number of hydrogen-bond donors (Lipinski definition) is 2. The number of amides is 2. The van der Waals surface area contributed by atoms with E-state index in [1.807, 2.05) is 30.0 Å². The number of alkyl halides is 3. The molecule has 0 heterocycles. The average molecular weight is 533 g/mol. The number of halogens is 4. The number of benzene rings is 2. The van der Waals surface area contributed by atoms with Crippen molar-refractivity contribution < 1.29 is 27.5 Å². The van der Waals surface area contributed by atoms with E-state index >= 15 is 0 Å². The molecule has 0 bridgehead atoms. The molecule has 2 saturated carbocycles. The van der Waals surface area contributed by atoms with Gasteiger partial charge in [0.1, 0.15) is 5.82 Å². The van der Waals surface area contributed by atoms with Crippen molar-refractivity contribution in [2.45, 2.75) is 50.2 Å². The van der Waals surface area contributed by atoms with Crippen LogP contribution in [0.25, 0.3) is 0 Å². The number of aliphatic hydroxyl groups excluding tert-OH is 1. The number of fused-ring (bicyclic) bond motifs is 1. The molecule has 2 aromatic rings. The van der Waals surface area contributed by atoms with Crippen LogP contribution in [0.1, 0.15) is 49.3 Å². The molecule has 10 heteroatoms. The SMILES string of the molecule is CCN(CCO)CCN(C(=O)Nc1ccc(F)c(C(F)(F)F)c1)[C@@H]1CC[C@]2(c3cccc(C#N)c3)CC2C1. The molecule has 2 N–H and O–H groups in total. The lowest BCUT2D eigenvalue weighted by atomic mass is 9.80. The summed E-state index contributed by atoms with van der Waals surface area (Å²) in [5.41, 5.74) is 0.202. The molecule has 204 valence electrons. The van der Waals surface area contributed by atoms with E-state index in [0.29, 0.717) is 56.2 Å². The predicted molar refractivity (Wildman–Crippen MR) is 135 cm³/mol. The van der Waals surface area contributed by atoms with Gasteiger partial charge < -0.3 is 15.3 Å². The van der Waals surface area contributed by atoms with Gasteiger partial charge in [-0.25, -0.2) is 9.18 Å². The van der Waals surface area contributed by atoms with Gasteiger partial charge >= 0.3 is 12.2 Å². The van der Waals surface area contributed by atoms with Crippen LogP contribution in [0.4, 0.5) is 28.0 Å². The number of nitrogens with one attached hydrogen (secondary N) is 1. The summed E-state index contributed by atoms with van der Waals surface area (Å²) in [7, 11) is 0. The van der Waals surface area contributed by atoms with Crippen molar-refractivity contribution in [3.05, 3.63) is 65.0 Å². The molecule has 2 aliphatic carbocycles. The molecule has 38 heavy (non-hydrogen) atoms. The highest BCUT2D eigenvalue weighted by Crippen LogP contribution is 2.62. The second-order valence-electron chi connectivity index (χ2n) is 10.2. The van der Waals surface area contributed by atoms with E-state index < -0.39 is 23.6 Å². The van der Waals surface area contributed by atoms with Crippen LogP contribution < -0.4 is 5.32 Å².